The van der Waals surface area contributed by atoms with Gasteiger partial charge in [-0.25, -0.2) is 9.78 Å². The number of nitrogens with zero attached hydrogens (tertiary/aromatic N) is 1. The van der Waals surface area contributed by atoms with E-state index in [1.165, 1.54) is 0 Å². The Hall–Kier alpha value is -3.17. The van der Waals surface area contributed by atoms with Gasteiger partial charge in [-0.2, -0.15) is 0 Å². The molecule has 8 nitrogen and oxygen atoms in total. The molecule has 0 aliphatic carbocycles. The fourth-order valence-corrected chi connectivity index (χ4v) is 4.11. The van der Waals surface area contributed by atoms with E-state index in [-0.39, 0.29) is 36.0 Å². The Labute approximate surface area is 237 Å². The monoisotopic (exact) mass is 509 g/mol. The number of hydrogen-bond acceptors (Lipinski definition) is 7. The Bertz CT molecular complexity index is 1340. The Morgan fingerprint density at radius 1 is 1.00 bits per heavy atom. The van der Waals surface area contributed by atoms with Crippen molar-refractivity contribution < 1.29 is 54.1 Å². The topological polar surface area (TPSA) is 124 Å². The molecule has 0 saturated carbocycles. The average Bonchev–Trinajstić information content (AvgIpc) is 2.86. The molecule has 0 radical (unpaired) electrons. The van der Waals surface area contributed by atoms with Crippen molar-refractivity contribution in [1.82, 2.24) is 4.98 Å². The number of hydrogen-bond donors (Lipinski definition) is 3. The van der Waals surface area contributed by atoms with Crippen LogP contribution in [0.4, 0.5) is 17.1 Å². The second-order valence-electron chi connectivity index (χ2n) is 8.48. The summed E-state index contributed by atoms with van der Waals surface area (Å²) in [6, 6.07) is 21.0. The van der Waals surface area contributed by atoms with E-state index in [4.69, 9.17) is 9.72 Å². The number of aromatic nitrogens is 1. The van der Waals surface area contributed by atoms with Crippen molar-refractivity contribution in [3.63, 3.8) is 0 Å². The molecule has 0 amide bonds. The van der Waals surface area contributed by atoms with Crippen molar-refractivity contribution >= 4 is 50.8 Å². The summed E-state index contributed by atoms with van der Waals surface area (Å²) in [5.74, 6) is -2.19. The number of fused-ring (bicyclic) bond motifs is 2. The first-order chi connectivity index (χ1) is 17.5. The van der Waals surface area contributed by atoms with E-state index in [9.17, 15) is 19.8 Å². The number of carbonyl (C=O) groups is 2. The second kappa shape index (κ2) is 13.4. The number of nitrogens with one attached hydrogen (secondary N) is 2. The molecule has 0 saturated heterocycles. The zero-order valence-electron chi connectivity index (χ0n) is 21.0. The van der Waals surface area contributed by atoms with E-state index in [1.807, 2.05) is 61.5 Å². The minimum atomic E-state index is -1.14. The number of carbonyl (C=O) groups excluding carboxylic acids is 1. The summed E-state index contributed by atoms with van der Waals surface area (Å²) in [6.45, 7) is 2.62. The molecule has 186 valence electrons. The summed E-state index contributed by atoms with van der Waals surface area (Å²) < 4.78 is 5.65. The minimum absolute atomic E-state index is 0. The third-order valence-electron chi connectivity index (χ3n) is 5.71. The molecule has 4 rings (SSSR count). The molecule has 1 aromatic heterocycles. The van der Waals surface area contributed by atoms with Crippen molar-refractivity contribution in [2.75, 3.05) is 23.8 Å². The summed E-state index contributed by atoms with van der Waals surface area (Å²) in [4.78, 5) is 27.6. The van der Waals surface area contributed by atoms with Crippen LogP contribution in [-0.4, -0.2) is 35.2 Å². The molecule has 3 N–H and O–H groups in total. The number of carboxylic acid groups (broad SMARTS) is 2. The molecule has 3 aromatic carbocycles. The fraction of sp³-hybridized carbons (Fsp3) is 0.250. The van der Waals surface area contributed by atoms with Crippen molar-refractivity contribution in [3.05, 3.63) is 72.3 Å². The summed E-state index contributed by atoms with van der Waals surface area (Å²) >= 11 is 0. The van der Waals surface area contributed by atoms with E-state index in [2.05, 4.69) is 10.6 Å². The van der Waals surface area contributed by atoms with Crippen LogP contribution < -0.4 is 45.3 Å². The molecule has 0 spiro atoms. The molecular formula is C28H28N3NaO5. The maximum atomic E-state index is 12.0. The zero-order valence-corrected chi connectivity index (χ0v) is 23.0. The largest absolute Gasteiger partial charge is 1.00 e. The summed E-state index contributed by atoms with van der Waals surface area (Å²) in [7, 11) is 0. The smallest absolute Gasteiger partial charge is 0.550 e. The molecule has 1 unspecified atom stereocenters. The van der Waals surface area contributed by atoms with Crippen LogP contribution in [-0.2, 0) is 14.3 Å². The second-order valence-corrected chi connectivity index (χ2v) is 8.48. The number of para-hydroxylation sites is 2. The zero-order chi connectivity index (χ0) is 25.5. The molecule has 0 aliphatic heterocycles. The normalized spacial score (nSPS) is 11.6. The van der Waals surface area contributed by atoms with E-state index in [0.29, 0.717) is 42.9 Å². The van der Waals surface area contributed by atoms with Gasteiger partial charge < -0.3 is 30.4 Å². The molecule has 0 aliphatic rings. The molecular weight excluding hydrogens is 481 g/mol. The molecule has 4 aromatic rings. The number of benzene rings is 3. The van der Waals surface area contributed by atoms with Crippen LogP contribution in [0.5, 0.6) is 0 Å². The Morgan fingerprint density at radius 3 is 2.22 bits per heavy atom. The summed E-state index contributed by atoms with van der Waals surface area (Å²) in [6.07, 6.45) is -0.139. The Kier molecular flexibility index (Phi) is 10.3. The maximum absolute atomic E-state index is 12.0. The number of aliphatic carboxylic acids is 2. The Morgan fingerprint density at radius 2 is 1.62 bits per heavy atom. The van der Waals surface area contributed by atoms with Gasteiger partial charge in [-0.05, 0) is 55.2 Å². The molecule has 37 heavy (non-hydrogen) atoms. The van der Waals surface area contributed by atoms with Crippen LogP contribution in [0.25, 0.3) is 21.8 Å². The van der Waals surface area contributed by atoms with Crippen molar-refractivity contribution in [2.24, 2.45) is 0 Å². The molecule has 1 heterocycles. The van der Waals surface area contributed by atoms with Crippen molar-refractivity contribution in [1.29, 1.82) is 0 Å². The van der Waals surface area contributed by atoms with Crippen molar-refractivity contribution in [3.8, 4) is 0 Å². The van der Waals surface area contributed by atoms with Gasteiger partial charge in [-0.3, -0.25) is 0 Å². The van der Waals surface area contributed by atoms with Gasteiger partial charge in [0.15, 0.2) is 6.10 Å². The van der Waals surface area contributed by atoms with Crippen LogP contribution in [0.1, 0.15) is 37.9 Å². The SMILES string of the molecule is CCCOC(C(=O)O)c1cc(NCCCC(=O)[O-])cc(Nc2c3ccccc3nc3ccccc23)c1.[Na+]. The number of ether oxygens (including phenoxy) is 1. The fourth-order valence-electron chi connectivity index (χ4n) is 4.11. The van der Waals surface area contributed by atoms with Gasteiger partial charge in [-0.1, -0.05) is 43.3 Å². The minimum Gasteiger partial charge on any atom is -0.550 e. The van der Waals surface area contributed by atoms with Crippen LogP contribution >= 0.6 is 0 Å². The van der Waals surface area contributed by atoms with Gasteiger partial charge in [0.1, 0.15) is 0 Å². The molecule has 9 heteroatoms. The van der Waals surface area contributed by atoms with E-state index in [1.54, 1.807) is 12.1 Å². The number of rotatable bonds is 12. The average molecular weight is 510 g/mol. The van der Waals surface area contributed by atoms with Crippen LogP contribution in [0, 0.1) is 0 Å². The van der Waals surface area contributed by atoms with E-state index >= 15 is 0 Å². The van der Waals surface area contributed by atoms with Crippen LogP contribution in [0.2, 0.25) is 0 Å². The number of carboxylic acids is 2. The Balaban J connectivity index is 0.00000380. The van der Waals surface area contributed by atoms with Crippen LogP contribution in [0.3, 0.4) is 0 Å². The van der Waals surface area contributed by atoms with E-state index in [0.717, 1.165) is 27.5 Å². The quantitative estimate of drug-likeness (QED) is 0.150. The predicted molar refractivity (Wildman–Crippen MR) is 138 cm³/mol. The van der Waals surface area contributed by atoms with Gasteiger partial charge in [-0.15, -0.1) is 0 Å². The van der Waals surface area contributed by atoms with Gasteiger partial charge >= 0.3 is 35.5 Å². The number of anilines is 3. The van der Waals surface area contributed by atoms with Gasteiger partial charge in [0.2, 0.25) is 0 Å². The molecule has 1 atom stereocenters. The number of pyridine rings is 1. The van der Waals surface area contributed by atoms with Crippen molar-refractivity contribution in [2.45, 2.75) is 32.3 Å². The van der Waals surface area contributed by atoms with Gasteiger partial charge in [0.25, 0.3) is 0 Å². The first kappa shape index (κ1) is 28.4. The van der Waals surface area contributed by atoms with Gasteiger partial charge in [0, 0.05) is 41.3 Å². The summed E-state index contributed by atoms with van der Waals surface area (Å²) in [5, 5.41) is 29.2. The molecule has 0 bridgehead atoms. The third-order valence-corrected chi connectivity index (χ3v) is 5.71. The van der Waals surface area contributed by atoms with Gasteiger partial charge in [0.05, 0.1) is 16.7 Å². The first-order valence-corrected chi connectivity index (χ1v) is 11.9. The third kappa shape index (κ3) is 7.20. The standard InChI is InChI=1S/C28H29N3O5.Na/c1-2-14-36-27(28(34)35)18-15-19(29-13-7-12-25(32)33)17-20(16-18)30-26-21-8-3-5-10-23(21)31-24-11-6-4-9-22(24)26;/h3-6,8-11,15-17,27,29H,2,7,12-14H2,1H3,(H,30,31)(H,32,33)(H,34,35);/q;+1/p-1. The molecule has 0 fully saturated rings. The maximum Gasteiger partial charge on any atom is 1.00 e. The first-order valence-electron chi connectivity index (χ1n) is 11.9. The van der Waals surface area contributed by atoms with Crippen LogP contribution in [0.15, 0.2) is 66.7 Å². The van der Waals surface area contributed by atoms with E-state index < -0.39 is 18.0 Å². The summed E-state index contributed by atoms with van der Waals surface area (Å²) in [5.41, 5.74) is 4.34. The predicted octanol–water partition coefficient (Wildman–Crippen LogP) is 1.63.